The first-order valence-electron chi connectivity index (χ1n) is 3.68. The van der Waals surface area contributed by atoms with Crippen molar-refractivity contribution in [2.24, 2.45) is 5.92 Å². The van der Waals surface area contributed by atoms with E-state index < -0.39 is 0 Å². The first-order chi connectivity index (χ1) is 4.39. The highest BCUT2D eigenvalue weighted by molar-refractivity contribution is 7.99. The maximum Gasteiger partial charge on any atom is 0.0417 e. The van der Waals surface area contributed by atoms with Gasteiger partial charge in [0.25, 0.3) is 0 Å². The van der Waals surface area contributed by atoms with Gasteiger partial charge in [-0.2, -0.15) is 0 Å². The molecule has 0 saturated carbocycles. The molecule has 9 heavy (non-hydrogen) atoms. The highest BCUT2D eigenvalue weighted by Gasteiger charge is 2.03. The fraction of sp³-hybridized carbons (Fsp3) is 1.00. The molecule has 1 fully saturated rings. The van der Waals surface area contributed by atoms with Crippen molar-refractivity contribution in [3.05, 3.63) is 0 Å². The van der Waals surface area contributed by atoms with Gasteiger partial charge in [-0.1, -0.05) is 6.92 Å². The van der Waals surface area contributed by atoms with Crippen LogP contribution in [0.4, 0.5) is 0 Å². The van der Waals surface area contributed by atoms with Gasteiger partial charge in [0, 0.05) is 5.88 Å². The zero-order chi connectivity index (χ0) is 6.53. The molecule has 1 atom stereocenters. The minimum Gasteiger partial charge on any atom is -0.308 e. The summed E-state index contributed by atoms with van der Waals surface area (Å²) in [6.45, 7) is 3.56. The summed E-state index contributed by atoms with van der Waals surface area (Å²) in [6, 6.07) is 0. The Morgan fingerprint density at radius 1 is 1.44 bits per heavy atom. The third kappa shape index (κ3) is 3.11. The van der Waals surface area contributed by atoms with E-state index in [1.165, 1.54) is 25.1 Å². The number of rotatable bonds is 0. The van der Waals surface area contributed by atoms with E-state index in [1.807, 2.05) is 11.8 Å². The van der Waals surface area contributed by atoms with Crippen molar-refractivity contribution in [1.82, 2.24) is 5.32 Å². The summed E-state index contributed by atoms with van der Waals surface area (Å²) in [7, 11) is 0. The lowest BCUT2D eigenvalue weighted by atomic mass is 10.1. The molecule has 0 aliphatic carbocycles. The Morgan fingerprint density at radius 2 is 2.33 bits per heavy atom. The van der Waals surface area contributed by atoms with E-state index in [4.69, 9.17) is 0 Å². The third-order valence-electron chi connectivity index (χ3n) is 1.77. The molecule has 0 aromatic carbocycles. The SMILES string of the molecule is CC1CCNCSCC1. The van der Waals surface area contributed by atoms with E-state index in [1.54, 1.807) is 0 Å². The van der Waals surface area contributed by atoms with Crippen molar-refractivity contribution >= 4 is 11.8 Å². The quantitative estimate of drug-likeness (QED) is 0.557. The van der Waals surface area contributed by atoms with E-state index in [9.17, 15) is 0 Å². The Balaban J connectivity index is 2.12. The smallest absolute Gasteiger partial charge is 0.0417 e. The minimum absolute atomic E-state index is 0.935. The molecule has 0 radical (unpaired) electrons. The van der Waals surface area contributed by atoms with Crippen LogP contribution in [-0.4, -0.2) is 18.2 Å². The van der Waals surface area contributed by atoms with Gasteiger partial charge in [-0.05, 0) is 31.1 Å². The molecule has 0 bridgehead atoms. The largest absolute Gasteiger partial charge is 0.308 e. The van der Waals surface area contributed by atoms with Gasteiger partial charge in [0.15, 0.2) is 0 Å². The summed E-state index contributed by atoms with van der Waals surface area (Å²) in [5.41, 5.74) is 0. The molecule has 1 rings (SSSR count). The molecule has 54 valence electrons. The summed E-state index contributed by atoms with van der Waals surface area (Å²) in [4.78, 5) is 0. The number of thioether (sulfide) groups is 1. The summed E-state index contributed by atoms with van der Waals surface area (Å²) in [5, 5.41) is 3.38. The molecular weight excluding hydrogens is 130 g/mol. The van der Waals surface area contributed by atoms with Crippen LogP contribution in [0.2, 0.25) is 0 Å². The van der Waals surface area contributed by atoms with Crippen LogP contribution in [0, 0.1) is 5.92 Å². The van der Waals surface area contributed by atoms with Crippen LogP contribution in [0.15, 0.2) is 0 Å². The maximum absolute atomic E-state index is 3.38. The second-order valence-corrected chi connectivity index (χ2v) is 3.84. The zero-order valence-corrected chi connectivity index (χ0v) is 6.84. The Labute approximate surface area is 61.6 Å². The molecule has 0 amide bonds. The molecule has 1 N–H and O–H groups in total. The molecule has 2 heteroatoms. The number of nitrogens with one attached hydrogen (secondary N) is 1. The fourth-order valence-corrected chi connectivity index (χ4v) is 2.00. The van der Waals surface area contributed by atoms with Crippen molar-refractivity contribution in [2.45, 2.75) is 19.8 Å². The minimum atomic E-state index is 0.935. The highest BCUT2D eigenvalue weighted by atomic mass is 32.2. The second-order valence-electron chi connectivity index (χ2n) is 2.74. The lowest BCUT2D eigenvalue weighted by Gasteiger charge is -2.15. The van der Waals surface area contributed by atoms with Gasteiger partial charge in [-0.3, -0.25) is 0 Å². The van der Waals surface area contributed by atoms with Gasteiger partial charge in [0.2, 0.25) is 0 Å². The lowest BCUT2D eigenvalue weighted by Crippen LogP contribution is -2.19. The first-order valence-corrected chi connectivity index (χ1v) is 4.83. The van der Waals surface area contributed by atoms with Crippen LogP contribution in [0.3, 0.4) is 0 Å². The van der Waals surface area contributed by atoms with Crippen molar-refractivity contribution in [2.75, 3.05) is 18.2 Å². The zero-order valence-electron chi connectivity index (χ0n) is 6.02. The van der Waals surface area contributed by atoms with E-state index in [0.29, 0.717) is 0 Å². The maximum atomic E-state index is 3.38. The second kappa shape index (κ2) is 4.18. The van der Waals surface area contributed by atoms with Crippen molar-refractivity contribution in [1.29, 1.82) is 0 Å². The van der Waals surface area contributed by atoms with E-state index in [2.05, 4.69) is 12.2 Å². The Hall–Kier alpha value is 0.310. The average molecular weight is 145 g/mol. The third-order valence-corrected chi connectivity index (χ3v) is 2.71. The monoisotopic (exact) mass is 145 g/mol. The molecule has 0 aromatic heterocycles. The van der Waals surface area contributed by atoms with Gasteiger partial charge in [-0.25, -0.2) is 0 Å². The van der Waals surface area contributed by atoms with E-state index in [0.717, 1.165) is 11.8 Å². The van der Waals surface area contributed by atoms with Crippen LogP contribution in [0.5, 0.6) is 0 Å². The predicted octanol–water partition coefficient (Wildman–Crippen LogP) is 1.70. The molecule has 1 saturated heterocycles. The molecule has 1 heterocycles. The van der Waals surface area contributed by atoms with Gasteiger partial charge in [-0.15, -0.1) is 11.8 Å². The Bertz CT molecular complexity index is 67.3. The Kier molecular flexibility index (Phi) is 3.44. The van der Waals surface area contributed by atoms with Gasteiger partial charge >= 0.3 is 0 Å². The summed E-state index contributed by atoms with van der Waals surface area (Å²) < 4.78 is 0. The molecule has 0 aromatic rings. The summed E-state index contributed by atoms with van der Waals surface area (Å²) >= 11 is 2.02. The van der Waals surface area contributed by atoms with Crippen molar-refractivity contribution in [3.8, 4) is 0 Å². The van der Waals surface area contributed by atoms with Crippen LogP contribution in [-0.2, 0) is 0 Å². The fourth-order valence-electron chi connectivity index (χ4n) is 0.994. The molecule has 1 nitrogen and oxygen atoms in total. The molecule has 1 aliphatic rings. The van der Waals surface area contributed by atoms with Gasteiger partial charge in [0.05, 0.1) is 0 Å². The van der Waals surface area contributed by atoms with Crippen LogP contribution in [0.25, 0.3) is 0 Å². The van der Waals surface area contributed by atoms with Crippen LogP contribution in [0.1, 0.15) is 19.8 Å². The number of hydrogen-bond donors (Lipinski definition) is 1. The van der Waals surface area contributed by atoms with E-state index in [-0.39, 0.29) is 0 Å². The average Bonchev–Trinajstić information content (AvgIpc) is 1.79. The van der Waals surface area contributed by atoms with Crippen molar-refractivity contribution < 1.29 is 0 Å². The van der Waals surface area contributed by atoms with E-state index >= 15 is 0 Å². The topological polar surface area (TPSA) is 12.0 Å². The standard InChI is InChI=1S/C7H15NS/c1-7-2-4-8-6-9-5-3-7/h7-8H,2-6H2,1H3. The summed E-state index contributed by atoms with van der Waals surface area (Å²) in [6.07, 6.45) is 2.77. The molecule has 0 spiro atoms. The summed E-state index contributed by atoms with van der Waals surface area (Å²) in [5.74, 6) is 3.44. The van der Waals surface area contributed by atoms with Crippen LogP contribution < -0.4 is 5.32 Å². The predicted molar refractivity (Wildman–Crippen MR) is 43.7 cm³/mol. The van der Waals surface area contributed by atoms with Crippen LogP contribution >= 0.6 is 11.8 Å². The molecular formula is C7H15NS. The lowest BCUT2D eigenvalue weighted by molar-refractivity contribution is 0.497. The van der Waals surface area contributed by atoms with Crippen molar-refractivity contribution in [3.63, 3.8) is 0 Å². The van der Waals surface area contributed by atoms with Gasteiger partial charge < -0.3 is 5.32 Å². The number of hydrogen-bond acceptors (Lipinski definition) is 2. The molecule has 1 unspecified atom stereocenters. The Morgan fingerprint density at radius 3 is 3.22 bits per heavy atom. The normalized spacial score (nSPS) is 31.0. The molecule has 1 aliphatic heterocycles. The highest BCUT2D eigenvalue weighted by Crippen LogP contribution is 2.13. The first kappa shape index (κ1) is 7.42. The van der Waals surface area contributed by atoms with Gasteiger partial charge in [0.1, 0.15) is 0 Å².